The van der Waals surface area contributed by atoms with Crippen LogP contribution in [0.2, 0.25) is 0 Å². The highest BCUT2D eigenvalue weighted by Crippen LogP contribution is 2.28. The minimum Gasteiger partial charge on any atom is -0.326 e. The van der Waals surface area contributed by atoms with E-state index in [-0.39, 0.29) is 5.91 Å². The highest BCUT2D eigenvalue weighted by molar-refractivity contribution is 8.00. The van der Waals surface area contributed by atoms with Gasteiger partial charge in [0.25, 0.3) is 11.7 Å². The molecule has 0 aliphatic rings. The van der Waals surface area contributed by atoms with E-state index in [4.69, 9.17) is 0 Å². The third-order valence-corrected chi connectivity index (χ3v) is 5.47. The smallest absolute Gasteiger partial charge is 0.288 e. The van der Waals surface area contributed by atoms with Crippen molar-refractivity contribution in [1.29, 1.82) is 0 Å². The van der Waals surface area contributed by atoms with Crippen LogP contribution in [0.3, 0.4) is 0 Å². The number of rotatable bonds is 7. The van der Waals surface area contributed by atoms with Crippen molar-refractivity contribution in [2.75, 3.05) is 10.0 Å². The lowest BCUT2D eigenvalue weighted by molar-refractivity contribution is 0.102. The molecule has 0 unspecified atom stereocenters. The van der Waals surface area contributed by atoms with Crippen LogP contribution in [0.15, 0.2) is 75.1 Å². The van der Waals surface area contributed by atoms with Crippen LogP contribution >= 0.6 is 35.0 Å². The zero-order valence-electron chi connectivity index (χ0n) is 13.3. The van der Waals surface area contributed by atoms with E-state index >= 15 is 0 Å². The third kappa shape index (κ3) is 5.48. The molecule has 2 N–H and O–H groups in total. The molecule has 0 spiro atoms. The summed E-state index contributed by atoms with van der Waals surface area (Å²) < 4.78 is 27.8. The monoisotopic (exact) mass is 408 g/mol. The van der Waals surface area contributed by atoms with Gasteiger partial charge in [0.1, 0.15) is 0 Å². The number of anilines is 2. The molecule has 0 bridgehead atoms. The van der Waals surface area contributed by atoms with Crippen molar-refractivity contribution >= 4 is 52.3 Å². The van der Waals surface area contributed by atoms with Crippen molar-refractivity contribution in [1.82, 2.24) is 0 Å². The first-order valence-electron chi connectivity index (χ1n) is 7.51. The van der Waals surface area contributed by atoms with Gasteiger partial charge in [-0.1, -0.05) is 17.8 Å². The second-order valence-corrected chi connectivity index (χ2v) is 7.82. The first-order valence-corrected chi connectivity index (χ1v) is 10.2. The maximum Gasteiger partial charge on any atom is 0.288 e. The van der Waals surface area contributed by atoms with E-state index in [9.17, 15) is 13.6 Å². The van der Waals surface area contributed by atoms with Gasteiger partial charge < -0.3 is 10.0 Å². The first kappa shape index (κ1) is 18.8. The maximum atomic E-state index is 12.3. The fourth-order valence-electron chi connectivity index (χ4n) is 2.06. The number of hydrogen-bond acceptors (Lipinski definition) is 5. The molecule has 2 aromatic carbocycles. The molecular formula is C18H14F2N2OS3. The van der Waals surface area contributed by atoms with E-state index < -0.39 is 5.76 Å². The predicted molar refractivity (Wildman–Crippen MR) is 106 cm³/mol. The molecule has 0 aliphatic heterocycles. The Labute approximate surface area is 162 Å². The van der Waals surface area contributed by atoms with Gasteiger partial charge in [-0.3, -0.25) is 4.79 Å². The highest BCUT2D eigenvalue weighted by atomic mass is 32.2. The molecular weight excluding hydrogens is 394 g/mol. The number of halogens is 2. The van der Waals surface area contributed by atoms with Gasteiger partial charge in [-0.2, -0.15) is 20.1 Å². The van der Waals surface area contributed by atoms with Crippen molar-refractivity contribution in [3.05, 3.63) is 70.9 Å². The maximum absolute atomic E-state index is 12.3. The van der Waals surface area contributed by atoms with E-state index in [1.54, 1.807) is 35.7 Å². The molecule has 8 heteroatoms. The zero-order chi connectivity index (χ0) is 18.4. The molecule has 0 aliphatic carbocycles. The largest absolute Gasteiger partial charge is 0.326 e. The van der Waals surface area contributed by atoms with Crippen molar-refractivity contribution in [3.63, 3.8) is 0 Å². The van der Waals surface area contributed by atoms with Gasteiger partial charge in [0.05, 0.1) is 5.56 Å². The lowest BCUT2D eigenvalue weighted by Crippen LogP contribution is -2.10. The average molecular weight is 409 g/mol. The lowest BCUT2D eigenvalue weighted by atomic mass is 10.3. The Morgan fingerprint density at radius 3 is 2.50 bits per heavy atom. The SMILES string of the molecule is O=C(Nc1cccc(SNc2ccc(SC(F)F)cc2)c1)c1ccsc1. The number of hydrogen-bond donors (Lipinski definition) is 2. The highest BCUT2D eigenvalue weighted by Gasteiger charge is 2.07. The quantitative estimate of drug-likeness (QED) is 0.349. The Morgan fingerprint density at radius 1 is 1.00 bits per heavy atom. The van der Waals surface area contributed by atoms with Crippen LogP contribution in [-0.2, 0) is 0 Å². The van der Waals surface area contributed by atoms with Crippen molar-refractivity contribution in [2.45, 2.75) is 15.5 Å². The molecule has 3 rings (SSSR count). The summed E-state index contributed by atoms with van der Waals surface area (Å²) in [5.41, 5.74) is 2.14. The van der Waals surface area contributed by atoms with Gasteiger partial charge in [-0.25, -0.2) is 0 Å². The lowest BCUT2D eigenvalue weighted by Gasteiger charge is -2.09. The Morgan fingerprint density at radius 2 is 1.81 bits per heavy atom. The molecule has 3 aromatic rings. The Bertz CT molecular complexity index is 855. The summed E-state index contributed by atoms with van der Waals surface area (Å²) in [7, 11) is 0. The summed E-state index contributed by atoms with van der Waals surface area (Å²) in [6, 6.07) is 16.0. The topological polar surface area (TPSA) is 41.1 Å². The second kappa shape index (κ2) is 9.07. The van der Waals surface area contributed by atoms with E-state index in [0.29, 0.717) is 27.9 Å². The number of nitrogens with one attached hydrogen (secondary N) is 2. The summed E-state index contributed by atoms with van der Waals surface area (Å²) in [5.74, 6) is -2.57. The number of thioether (sulfide) groups is 1. The van der Waals surface area contributed by atoms with Crippen molar-refractivity contribution in [3.8, 4) is 0 Å². The molecule has 0 radical (unpaired) electrons. The molecule has 26 heavy (non-hydrogen) atoms. The summed E-state index contributed by atoms with van der Waals surface area (Å²) in [6.07, 6.45) is 0. The minimum atomic E-state index is -2.42. The van der Waals surface area contributed by atoms with E-state index in [2.05, 4.69) is 10.0 Å². The Kier molecular flexibility index (Phi) is 6.54. The molecule has 134 valence electrons. The normalized spacial score (nSPS) is 10.7. The van der Waals surface area contributed by atoms with Crippen LogP contribution in [0.5, 0.6) is 0 Å². The van der Waals surface area contributed by atoms with Crippen LogP contribution in [0.4, 0.5) is 20.2 Å². The van der Waals surface area contributed by atoms with Crippen LogP contribution in [0.25, 0.3) is 0 Å². The van der Waals surface area contributed by atoms with Crippen LogP contribution in [0.1, 0.15) is 10.4 Å². The number of carbonyl (C=O) groups excluding carboxylic acids is 1. The molecule has 0 atom stereocenters. The summed E-state index contributed by atoms with van der Waals surface area (Å²) in [4.78, 5) is 13.5. The van der Waals surface area contributed by atoms with Crippen molar-refractivity contribution in [2.24, 2.45) is 0 Å². The van der Waals surface area contributed by atoms with Crippen LogP contribution in [-0.4, -0.2) is 11.7 Å². The number of alkyl halides is 2. The second-order valence-electron chi connectivity index (χ2n) is 5.10. The minimum absolute atomic E-state index is 0.145. The summed E-state index contributed by atoms with van der Waals surface area (Å²) in [5, 5.41) is 6.52. The zero-order valence-corrected chi connectivity index (χ0v) is 15.8. The molecule has 0 saturated heterocycles. The van der Waals surface area contributed by atoms with E-state index in [1.807, 2.05) is 29.6 Å². The number of carbonyl (C=O) groups is 1. The predicted octanol–water partition coefficient (Wildman–Crippen LogP) is 6.43. The van der Waals surface area contributed by atoms with Gasteiger partial charge in [0.2, 0.25) is 0 Å². The summed E-state index contributed by atoms with van der Waals surface area (Å²) in [6.45, 7) is 0. The summed E-state index contributed by atoms with van der Waals surface area (Å²) >= 11 is 3.37. The standard InChI is InChI=1S/C18H14F2N2OS3/c19-18(20)25-15-6-4-13(5-7-15)22-26-16-3-1-2-14(10-16)21-17(23)12-8-9-24-11-12/h1-11,18,22H,(H,21,23). The molecule has 0 fully saturated rings. The average Bonchev–Trinajstić information content (AvgIpc) is 3.16. The number of thiophene rings is 1. The third-order valence-electron chi connectivity index (χ3n) is 3.24. The van der Waals surface area contributed by atoms with Crippen molar-refractivity contribution < 1.29 is 13.6 Å². The first-order chi connectivity index (χ1) is 12.6. The Balaban J connectivity index is 1.57. The van der Waals surface area contributed by atoms with E-state index in [0.717, 1.165) is 10.6 Å². The Hall–Kier alpha value is -2.03. The molecule has 1 aromatic heterocycles. The van der Waals surface area contributed by atoms with Gasteiger partial charge in [0, 0.05) is 26.5 Å². The molecule has 1 heterocycles. The molecule has 3 nitrogen and oxygen atoms in total. The van der Waals surface area contributed by atoms with E-state index in [1.165, 1.54) is 23.3 Å². The van der Waals surface area contributed by atoms with Crippen LogP contribution in [0, 0.1) is 0 Å². The molecule has 0 saturated carbocycles. The van der Waals surface area contributed by atoms with Gasteiger partial charge in [0.15, 0.2) is 0 Å². The van der Waals surface area contributed by atoms with Gasteiger partial charge >= 0.3 is 0 Å². The number of benzene rings is 2. The number of amides is 1. The fraction of sp³-hybridized carbons (Fsp3) is 0.0556. The van der Waals surface area contributed by atoms with Gasteiger partial charge in [-0.15, -0.1) is 0 Å². The van der Waals surface area contributed by atoms with Gasteiger partial charge in [-0.05, 0) is 65.9 Å². The fourth-order valence-corrected chi connectivity index (χ4v) is 3.90. The molecule has 1 amide bonds. The van der Waals surface area contributed by atoms with Crippen LogP contribution < -0.4 is 10.0 Å².